The minimum Gasteiger partial charge on any atom is -0.468 e. The molecule has 0 N–H and O–H groups in total. The molecule has 2 fully saturated rings. The van der Waals surface area contributed by atoms with Gasteiger partial charge in [0.1, 0.15) is 11.7 Å². The van der Waals surface area contributed by atoms with Gasteiger partial charge in [0.2, 0.25) is 0 Å². The van der Waals surface area contributed by atoms with E-state index in [1.807, 2.05) is 34.6 Å². The lowest BCUT2D eigenvalue weighted by molar-refractivity contribution is -0.148. The number of Topliss-reactive ketones (excluding diaryl/α,β-unsaturated/α-hetero) is 2. The summed E-state index contributed by atoms with van der Waals surface area (Å²) < 4.78 is 4.44. The van der Waals surface area contributed by atoms with E-state index in [1.54, 1.807) is 0 Å². The van der Waals surface area contributed by atoms with Gasteiger partial charge in [0.15, 0.2) is 5.78 Å². The van der Waals surface area contributed by atoms with Crippen LogP contribution in [0.3, 0.4) is 0 Å². The van der Waals surface area contributed by atoms with Gasteiger partial charge in [0, 0.05) is 12.8 Å². The summed E-state index contributed by atoms with van der Waals surface area (Å²) in [5, 5.41) is 0. The summed E-state index contributed by atoms with van der Waals surface area (Å²) in [4.78, 5) is 32.6. The first-order chi connectivity index (χ1) is 10.9. The topological polar surface area (TPSA) is 60.4 Å². The Balaban J connectivity index is 0. The number of ether oxygens (including phenoxy) is 1. The summed E-state index contributed by atoms with van der Waals surface area (Å²) in [5.74, 6) is 1.99. The minimum absolute atomic E-state index is 0.0341. The molecule has 0 aromatic heterocycles. The normalized spacial score (nSPS) is 24.8. The van der Waals surface area contributed by atoms with E-state index in [2.05, 4.69) is 10.7 Å². The van der Waals surface area contributed by atoms with E-state index < -0.39 is 11.3 Å². The lowest BCUT2D eigenvalue weighted by atomic mass is 9.89. The molecule has 0 bridgehead atoms. The van der Waals surface area contributed by atoms with Crippen LogP contribution in [0.25, 0.3) is 0 Å². The molecule has 0 spiro atoms. The third kappa shape index (κ3) is 7.45. The van der Waals surface area contributed by atoms with Crippen LogP contribution in [0.15, 0.2) is 0 Å². The van der Waals surface area contributed by atoms with E-state index in [0.29, 0.717) is 19.3 Å². The van der Waals surface area contributed by atoms with Crippen molar-refractivity contribution in [3.63, 3.8) is 0 Å². The van der Waals surface area contributed by atoms with Crippen molar-refractivity contribution in [3.8, 4) is 12.3 Å². The van der Waals surface area contributed by atoms with E-state index in [0.717, 1.165) is 19.3 Å². The molecule has 0 aromatic carbocycles. The quantitative estimate of drug-likeness (QED) is 0.416. The minimum atomic E-state index is -0.454. The molecule has 132 valence electrons. The second kappa shape index (κ2) is 12.9. The monoisotopic (exact) mass is 324 g/mol. The predicted octanol–water partition coefficient (Wildman–Crippen LogP) is 3.96. The van der Waals surface area contributed by atoms with Gasteiger partial charge in [-0.2, -0.15) is 0 Å². The van der Waals surface area contributed by atoms with E-state index in [-0.39, 0.29) is 17.5 Å². The van der Waals surface area contributed by atoms with E-state index in [4.69, 9.17) is 6.42 Å². The van der Waals surface area contributed by atoms with Crippen molar-refractivity contribution in [2.75, 3.05) is 7.11 Å². The number of ketones is 2. The van der Waals surface area contributed by atoms with Crippen LogP contribution < -0.4 is 0 Å². The molecule has 0 saturated heterocycles. The zero-order valence-corrected chi connectivity index (χ0v) is 15.5. The number of hydrogen-bond acceptors (Lipinski definition) is 4. The average molecular weight is 324 g/mol. The molecule has 4 heteroatoms. The first-order valence-corrected chi connectivity index (χ1v) is 8.56. The number of rotatable bonds is 1. The van der Waals surface area contributed by atoms with Gasteiger partial charge in [-0.25, -0.2) is 0 Å². The van der Waals surface area contributed by atoms with Crippen LogP contribution in [-0.2, 0) is 19.1 Å². The van der Waals surface area contributed by atoms with Gasteiger partial charge in [0.05, 0.1) is 12.5 Å². The highest BCUT2D eigenvalue weighted by molar-refractivity contribution is 6.00. The highest BCUT2D eigenvalue weighted by Gasteiger charge is 2.35. The summed E-state index contributed by atoms with van der Waals surface area (Å²) in [6.45, 7) is 9.85. The van der Waals surface area contributed by atoms with Crippen molar-refractivity contribution in [2.45, 2.75) is 73.1 Å². The van der Waals surface area contributed by atoms with Crippen LogP contribution in [-0.4, -0.2) is 24.6 Å². The number of methoxy groups -OCH3 is 1. The second-order valence-corrected chi connectivity index (χ2v) is 5.19. The fourth-order valence-corrected chi connectivity index (χ4v) is 2.38. The molecule has 2 aliphatic rings. The fraction of sp³-hybridized carbons (Fsp3) is 0.737. The molecule has 2 unspecified atom stereocenters. The zero-order valence-electron chi connectivity index (χ0n) is 15.5. The van der Waals surface area contributed by atoms with Crippen LogP contribution >= 0.6 is 0 Å². The molecule has 4 nitrogen and oxygen atoms in total. The molecule has 2 aliphatic carbocycles. The maximum atomic E-state index is 11.0. The summed E-state index contributed by atoms with van der Waals surface area (Å²) in [6.07, 6.45) is 9.76. The Morgan fingerprint density at radius 3 is 2.00 bits per heavy atom. The molecular weight excluding hydrogens is 292 g/mol. The molecule has 2 saturated carbocycles. The Labute approximate surface area is 141 Å². The first-order valence-electron chi connectivity index (χ1n) is 8.56. The highest BCUT2D eigenvalue weighted by Crippen LogP contribution is 2.32. The number of esters is 1. The summed E-state index contributed by atoms with van der Waals surface area (Å²) in [6, 6.07) is 0. The van der Waals surface area contributed by atoms with Crippen LogP contribution in [0.5, 0.6) is 0 Å². The SMILES string of the molecule is C#CC1(C)CCCC1=O.CC.CC.COC(=O)C1CCCC1=O. The van der Waals surface area contributed by atoms with Crippen molar-refractivity contribution in [3.05, 3.63) is 0 Å². The zero-order chi connectivity index (χ0) is 18.5. The Kier molecular flexibility index (Phi) is 13.2. The Bertz CT molecular complexity index is 420. The number of carbonyl (C=O) groups is 3. The van der Waals surface area contributed by atoms with Crippen molar-refractivity contribution in [2.24, 2.45) is 11.3 Å². The lowest BCUT2D eigenvalue weighted by Gasteiger charge is -2.11. The molecule has 0 aromatic rings. The predicted molar refractivity (Wildman–Crippen MR) is 92.9 cm³/mol. The van der Waals surface area contributed by atoms with Gasteiger partial charge in [-0.15, -0.1) is 6.42 Å². The standard InChI is InChI=1S/C8H10O.C7H10O3.2C2H6/c1-3-8(2)6-4-5-7(8)9;1-10-7(9)5-3-2-4-6(5)8;2*1-2/h1H,4-6H2,2H3;5H,2-4H2,1H3;2*1-2H3. The van der Waals surface area contributed by atoms with Gasteiger partial charge < -0.3 is 4.74 Å². The van der Waals surface area contributed by atoms with Crippen molar-refractivity contribution >= 4 is 17.5 Å². The van der Waals surface area contributed by atoms with Crippen molar-refractivity contribution in [1.29, 1.82) is 0 Å². The Morgan fingerprint density at radius 2 is 1.74 bits per heavy atom. The van der Waals surface area contributed by atoms with Gasteiger partial charge in [0.25, 0.3) is 0 Å². The molecule has 2 rings (SSSR count). The van der Waals surface area contributed by atoms with Gasteiger partial charge in [-0.3, -0.25) is 14.4 Å². The van der Waals surface area contributed by atoms with Gasteiger partial charge >= 0.3 is 5.97 Å². The molecule has 0 radical (unpaired) electrons. The maximum absolute atomic E-state index is 11.0. The summed E-state index contributed by atoms with van der Waals surface area (Å²) in [5.41, 5.74) is -0.417. The van der Waals surface area contributed by atoms with Gasteiger partial charge in [-0.1, -0.05) is 33.6 Å². The fourth-order valence-electron chi connectivity index (χ4n) is 2.38. The van der Waals surface area contributed by atoms with Crippen LogP contribution in [0.4, 0.5) is 0 Å². The van der Waals surface area contributed by atoms with Crippen LogP contribution in [0, 0.1) is 23.7 Å². The third-order valence-corrected chi connectivity index (χ3v) is 3.80. The van der Waals surface area contributed by atoms with Crippen molar-refractivity contribution < 1.29 is 19.1 Å². The van der Waals surface area contributed by atoms with E-state index in [9.17, 15) is 14.4 Å². The summed E-state index contributed by atoms with van der Waals surface area (Å²) in [7, 11) is 1.31. The van der Waals surface area contributed by atoms with Gasteiger partial charge in [-0.05, 0) is 32.6 Å². The lowest BCUT2D eigenvalue weighted by Crippen LogP contribution is -2.19. The smallest absolute Gasteiger partial charge is 0.316 e. The highest BCUT2D eigenvalue weighted by atomic mass is 16.5. The van der Waals surface area contributed by atoms with Crippen molar-refractivity contribution in [1.82, 2.24) is 0 Å². The largest absolute Gasteiger partial charge is 0.468 e. The Hall–Kier alpha value is -1.63. The molecule has 23 heavy (non-hydrogen) atoms. The number of terminal acetylenes is 1. The second-order valence-electron chi connectivity index (χ2n) is 5.19. The van der Waals surface area contributed by atoms with E-state index in [1.165, 1.54) is 7.11 Å². The molecule has 0 amide bonds. The van der Waals surface area contributed by atoms with Crippen LogP contribution in [0.1, 0.15) is 73.1 Å². The first kappa shape index (κ1) is 23.6. The summed E-state index contributed by atoms with van der Waals surface area (Å²) >= 11 is 0. The number of hydrogen-bond donors (Lipinski definition) is 0. The van der Waals surface area contributed by atoms with E-state index >= 15 is 0 Å². The average Bonchev–Trinajstić information content (AvgIpc) is 3.17. The molecular formula is C19H32O4. The Morgan fingerprint density at radius 1 is 1.17 bits per heavy atom. The third-order valence-electron chi connectivity index (χ3n) is 3.80. The van der Waals surface area contributed by atoms with Crippen LogP contribution in [0.2, 0.25) is 0 Å². The molecule has 2 atom stereocenters. The molecule has 0 aliphatic heterocycles. The number of carbonyl (C=O) groups excluding carboxylic acids is 3. The molecule has 0 heterocycles. The maximum Gasteiger partial charge on any atom is 0.316 e.